The van der Waals surface area contributed by atoms with Crippen LogP contribution in [0.3, 0.4) is 0 Å². The second kappa shape index (κ2) is 6.56. The van der Waals surface area contributed by atoms with Crippen molar-refractivity contribution >= 4 is 5.69 Å². The van der Waals surface area contributed by atoms with Gasteiger partial charge in [-0.2, -0.15) is 13.2 Å². The molecule has 0 spiro atoms. The molecule has 2 aromatic rings. The maximum absolute atomic E-state index is 12.3. The second-order valence-electron chi connectivity index (χ2n) is 4.52. The first-order valence-corrected chi connectivity index (χ1v) is 6.58. The first kappa shape index (κ1) is 15.3. The third-order valence-electron chi connectivity index (χ3n) is 2.90. The quantitative estimate of drug-likeness (QED) is 0.833. The van der Waals surface area contributed by atoms with E-state index in [4.69, 9.17) is 9.15 Å². The molecule has 0 saturated carbocycles. The van der Waals surface area contributed by atoms with Crippen LogP contribution in [-0.4, -0.2) is 12.8 Å². The molecular formula is C15H16F3NO2. The Morgan fingerprint density at radius 1 is 1.19 bits per heavy atom. The summed E-state index contributed by atoms with van der Waals surface area (Å²) < 4.78 is 47.0. The molecule has 1 atom stereocenters. The molecule has 1 N–H and O–H groups in total. The zero-order chi connectivity index (χ0) is 15.3. The molecule has 21 heavy (non-hydrogen) atoms. The van der Waals surface area contributed by atoms with Crippen LogP contribution in [0.1, 0.15) is 25.1 Å². The average Bonchev–Trinajstić information content (AvgIpc) is 2.96. The zero-order valence-corrected chi connectivity index (χ0v) is 11.5. The van der Waals surface area contributed by atoms with Gasteiger partial charge in [0.25, 0.3) is 0 Å². The summed E-state index contributed by atoms with van der Waals surface area (Å²) in [5.41, 5.74) is 0.505. The van der Waals surface area contributed by atoms with E-state index < -0.39 is 12.8 Å². The summed E-state index contributed by atoms with van der Waals surface area (Å²) in [4.78, 5) is 0. The molecule has 3 nitrogen and oxygen atoms in total. The molecule has 1 heterocycles. The van der Waals surface area contributed by atoms with E-state index in [0.29, 0.717) is 5.69 Å². The largest absolute Gasteiger partial charge is 0.482 e. The van der Waals surface area contributed by atoms with Gasteiger partial charge in [0.2, 0.25) is 0 Å². The number of halogens is 3. The van der Waals surface area contributed by atoms with Crippen LogP contribution >= 0.6 is 0 Å². The van der Waals surface area contributed by atoms with E-state index >= 15 is 0 Å². The summed E-state index contributed by atoms with van der Waals surface area (Å²) in [6.07, 6.45) is -2.08. The van der Waals surface area contributed by atoms with E-state index in [-0.39, 0.29) is 11.8 Å². The Kier molecular flexibility index (Phi) is 4.77. The standard InChI is InChI=1S/C15H16F3NO2/c1-2-11(13-8-5-9-20-13)19-12-6-3-4-7-14(12)21-10-15(16,17)18/h3-9,11,19H,2,10H2,1H3. The van der Waals surface area contributed by atoms with Crippen molar-refractivity contribution < 1.29 is 22.3 Å². The van der Waals surface area contributed by atoms with Crippen molar-refractivity contribution in [3.8, 4) is 5.75 Å². The molecular weight excluding hydrogens is 283 g/mol. The van der Waals surface area contributed by atoms with Crippen molar-refractivity contribution in [1.82, 2.24) is 0 Å². The van der Waals surface area contributed by atoms with Gasteiger partial charge >= 0.3 is 6.18 Å². The third kappa shape index (κ3) is 4.44. The number of nitrogens with one attached hydrogen (secondary N) is 1. The van der Waals surface area contributed by atoms with Crippen molar-refractivity contribution in [2.45, 2.75) is 25.6 Å². The van der Waals surface area contributed by atoms with Crippen LogP contribution in [0, 0.1) is 0 Å². The van der Waals surface area contributed by atoms with Crippen molar-refractivity contribution in [2.24, 2.45) is 0 Å². The highest BCUT2D eigenvalue weighted by atomic mass is 19.4. The average molecular weight is 299 g/mol. The van der Waals surface area contributed by atoms with Gasteiger partial charge in [-0.25, -0.2) is 0 Å². The van der Waals surface area contributed by atoms with E-state index in [2.05, 4.69) is 5.32 Å². The van der Waals surface area contributed by atoms with E-state index in [0.717, 1.165) is 12.2 Å². The van der Waals surface area contributed by atoms with E-state index in [1.165, 1.54) is 6.07 Å². The lowest BCUT2D eigenvalue weighted by Gasteiger charge is -2.19. The van der Waals surface area contributed by atoms with Crippen molar-refractivity contribution in [2.75, 3.05) is 11.9 Å². The normalized spacial score (nSPS) is 13.0. The van der Waals surface area contributed by atoms with Gasteiger partial charge in [0.05, 0.1) is 18.0 Å². The smallest absolute Gasteiger partial charge is 0.422 e. The van der Waals surface area contributed by atoms with Crippen LogP contribution in [0.15, 0.2) is 47.1 Å². The molecule has 6 heteroatoms. The van der Waals surface area contributed by atoms with E-state index in [1.807, 2.05) is 13.0 Å². The van der Waals surface area contributed by atoms with Crippen molar-refractivity contribution in [1.29, 1.82) is 0 Å². The lowest BCUT2D eigenvalue weighted by Crippen LogP contribution is -2.20. The molecule has 114 valence electrons. The Hall–Kier alpha value is -2.11. The summed E-state index contributed by atoms with van der Waals surface area (Å²) in [5.74, 6) is 0.892. The SMILES string of the molecule is CCC(Nc1ccccc1OCC(F)(F)F)c1ccco1. The van der Waals surface area contributed by atoms with Crippen molar-refractivity contribution in [3.63, 3.8) is 0 Å². The Bertz CT molecular complexity index is 552. The van der Waals surface area contributed by atoms with Gasteiger partial charge in [0.1, 0.15) is 11.5 Å². The molecule has 0 fully saturated rings. The fraction of sp³-hybridized carbons (Fsp3) is 0.333. The molecule has 2 rings (SSSR count). The number of alkyl halides is 3. The fourth-order valence-corrected chi connectivity index (χ4v) is 1.92. The molecule has 0 amide bonds. The van der Waals surface area contributed by atoms with Crippen molar-refractivity contribution in [3.05, 3.63) is 48.4 Å². The monoisotopic (exact) mass is 299 g/mol. The van der Waals surface area contributed by atoms with Crippen LogP contribution < -0.4 is 10.1 Å². The molecule has 0 aliphatic heterocycles. The molecule has 0 radical (unpaired) electrons. The fourth-order valence-electron chi connectivity index (χ4n) is 1.92. The number of benzene rings is 1. The predicted octanol–water partition coefficient (Wildman–Crippen LogP) is 4.78. The second-order valence-corrected chi connectivity index (χ2v) is 4.52. The Balaban J connectivity index is 2.12. The molecule has 0 saturated heterocycles. The highest BCUT2D eigenvalue weighted by Gasteiger charge is 2.29. The van der Waals surface area contributed by atoms with Gasteiger partial charge in [0.15, 0.2) is 6.61 Å². The number of rotatable bonds is 6. The molecule has 0 bridgehead atoms. The predicted molar refractivity (Wildman–Crippen MR) is 73.4 cm³/mol. The Labute approximate surface area is 120 Å². The van der Waals surface area contributed by atoms with Crippen LogP contribution in [0.4, 0.5) is 18.9 Å². The van der Waals surface area contributed by atoms with Crippen LogP contribution in [0.25, 0.3) is 0 Å². The summed E-state index contributed by atoms with van der Waals surface area (Å²) >= 11 is 0. The highest BCUT2D eigenvalue weighted by Crippen LogP contribution is 2.30. The minimum absolute atomic E-state index is 0.129. The van der Waals surface area contributed by atoms with Gasteiger partial charge < -0.3 is 14.5 Å². The van der Waals surface area contributed by atoms with E-state index in [9.17, 15) is 13.2 Å². The maximum atomic E-state index is 12.3. The number of hydrogen-bond acceptors (Lipinski definition) is 3. The molecule has 0 aliphatic rings. The summed E-state index contributed by atoms with van der Waals surface area (Å²) in [6.45, 7) is 0.641. The van der Waals surface area contributed by atoms with E-state index in [1.54, 1.807) is 30.5 Å². The first-order valence-electron chi connectivity index (χ1n) is 6.58. The van der Waals surface area contributed by atoms with Crippen LogP contribution in [0.2, 0.25) is 0 Å². The van der Waals surface area contributed by atoms with Gasteiger partial charge in [-0.05, 0) is 30.7 Å². The molecule has 1 aromatic carbocycles. The maximum Gasteiger partial charge on any atom is 0.422 e. The highest BCUT2D eigenvalue weighted by molar-refractivity contribution is 5.57. The summed E-state index contributed by atoms with van der Waals surface area (Å²) in [6, 6.07) is 10.0. The summed E-state index contributed by atoms with van der Waals surface area (Å²) in [5, 5.41) is 3.15. The molecule has 1 unspecified atom stereocenters. The topological polar surface area (TPSA) is 34.4 Å². The molecule has 1 aromatic heterocycles. The lowest BCUT2D eigenvalue weighted by atomic mass is 10.1. The number of hydrogen-bond donors (Lipinski definition) is 1. The lowest BCUT2D eigenvalue weighted by molar-refractivity contribution is -0.153. The van der Waals surface area contributed by atoms with Crippen LogP contribution in [0.5, 0.6) is 5.75 Å². The van der Waals surface area contributed by atoms with Gasteiger partial charge in [-0.3, -0.25) is 0 Å². The number of ether oxygens (including phenoxy) is 1. The van der Waals surface area contributed by atoms with Crippen LogP contribution in [-0.2, 0) is 0 Å². The minimum atomic E-state index is -4.36. The zero-order valence-electron chi connectivity index (χ0n) is 11.5. The van der Waals surface area contributed by atoms with Gasteiger partial charge in [0, 0.05) is 0 Å². The minimum Gasteiger partial charge on any atom is -0.482 e. The Morgan fingerprint density at radius 3 is 2.57 bits per heavy atom. The first-order chi connectivity index (χ1) is 9.99. The number of furan rings is 1. The molecule has 0 aliphatic carbocycles. The Morgan fingerprint density at radius 2 is 1.95 bits per heavy atom. The number of anilines is 1. The third-order valence-corrected chi connectivity index (χ3v) is 2.90. The number of para-hydroxylation sites is 2. The van der Waals surface area contributed by atoms with Gasteiger partial charge in [-0.1, -0.05) is 19.1 Å². The summed E-state index contributed by atoms with van der Waals surface area (Å²) in [7, 11) is 0. The van der Waals surface area contributed by atoms with Gasteiger partial charge in [-0.15, -0.1) is 0 Å².